The number of hydrogen-bond donors (Lipinski definition) is 0. The molecule has 0 aromatic carbocycles. The highest BCUT2D eigenvalue weighted by molar-refractivity contribution is 5.06. The maximum Gasteiger partial charge on any atom is 0.229 e. The summed E-state index contributed by atoms with van der Waals surface area (Å²) in [7, 11) is 0. The monoisotopic (exact) mass is 261 g/mol. The lowest BCUT2D eigenvalue weighted by molar-refractivity contribution is 0.0337. The summed E-state index contributed by atoms with van der Waals surface area (Å²) in [6, 6.07) is 0. The molecule has 0 atom stereocenters. The van der Waals surface area contributed by atoms with E-state index in [1.807, 2.05) is 0 Å². The molecule has 0 aromatic rings. The topological polar surface area (TPSA) is 12.5 Å². The van der Waals surface area contributed by atoms with Gasteiger partial charge in [-0.3, -0.25) is 4.90 Å². The standard InChI is InChI=1S/C13H23NO.CH2F2/c1-11(2)15-10-13(5-6-13)9-14-7-4-12(3)8-14;2-1-3/h11H,3-10H2,1-2H3;1H2. The van der Waals surface area contributed by atoms with Gasteiger partial charge in [-0.1, -0.05) is 12.2 Å². The molecule has 1 heterocycles. The van der Waals surface area contributed by atoms with Crippen LogP contribution in [0.3, 0.4) is 0 Å². The second-order valence-electron chi connectivity index (χ2n) is 5.67. The Labute approximate surface area is 109 Å². The summed E-state index contributed by atoms with van der Waals surface area (Å²) in [4.78, 5) is 2.54. The fourth-order valence-electron chi connectivity index (χ4n) is 2.27. The zero-order chi connectivity index (χ0) is 13.6. The number of rotatable bonds is 5. The average Bonchev–Trinajstić information content (AvgIpc) is 2.94. The molecule has 1 aliphatic carbocycles. The number of likely N-dealkylation sites (tertiary alicyclic amines) is 1. The molecular weight excluding hydrogens is 236 g/mol. The van der Waals surface area contributed by atoms with Gasteiger partial charge in [-0.25, -0.2) is 8.78 Å². The molecule has 106 valence electrons. The van der Waals surface area contributed by atoms with Crippen molar-refractivity contribution in [3.63, 3.8) is 0 Å². The second-order valence-corrected chi connectivity index (χ2v) is 5.67. The van der Waals surface area contributed by atoms with E-state index in [4.69, 9.17) is 4.74 Å². The van der Waals surface area contributed by atoms with Gasteiger partial charge >= 0.3 is 0 Å². The largest absolute Gasteiger partial charge is 0.378 e. The van der Waals surface area contributed by atoms with Gasteiger partial charge in [0.05, 0.1) is 12.7 Å². The predicted molar refractivity (Wildman–Crippen MR) is 70.0 cm³/mol. The summed E-state index contributed by atoms with van der Waals surface area (Å²) in [6.45, 7) is 11.0. The van der Waals surface area contributed by atoms with Gasteiger partial charge < -0.3 is 4.74 Å². The highest BCUT2D eigenvalue weighted by atomic mass is 19.3. The SMILES string of the molecule is C=C1CCN(CC2(COC(C)C)CC2)C1.FCF. The first-order valence-electron chi connectivity index (χ1n) is 6.64. The van der Waals surface area contributed by atoms with E-state index in [0.29, 0.717) is 11.5 Å². The molecule has 2 nitrogen and oxygen atoms in total. The van der Waals surface area contributed by atoms with E-state index < -0.39 is 6.93 Å². The lowest BCUT2D eigenvalue weighted by Gasteiger charge is -2.23. The molecule has 4 heteroatoms. The van der Waals surface area contributed by atoms with Crippen molar-refractivity contribution in [1.29, 1.82) is 0 Å². The van der Waals surface area contributed by atoms with Crippen LogP contribution in [0.5, 0.6) is 0 Å². The van der Waals surface area contributed by atoms with E-state index in [1.54, 1.807) is 0 Å². The number of ether oxygens (including phenoxy) is 1. The Bertz CT molecular complexity index is 265. The first-order valence-corrected chi connectivity index (χ1v) is 6.64. The summed E-state index contributed by atoms with van der Waals surface area (Å²) in [6.07, 6.45) is 4.27. The fourth-order valence-corrected chi connectivity index (χ4v) is 2.27. The molecule has 0 aromatic heterocycles. The molecule has 0 unspecified atom stereocenters. The van der Waals surface area contributed by atoms with Crippen molar-refractivity contribution in [3.8, 4) is 0 Å². The highest BCUT2D eigenvalue weighted by Crippen LogP contribution is 2.47. The number of alkyl halides is 2. The van der Waals surface area contributed by atoms with Crippen LogP contribution in [0.1, 0.15) is 33.1 Å². The van der Waals surface area contributed by atoms with E-state index in [2.05, 4.69) is 25.3 Å². The minimum Gasteiger partial charge on any atom is -0.378 e. The Morgan fingerprint density at radius 1 is 1.39 bits per heavy atom. The summed E-state index contributed by atoms with van der Waals surface area (Å²) in [5, 5.41) is 0. The van der Waals surface area contributed by atoms with Gasteiger partial charge in [0.15, 0.2) is 0 Å². The fraction of sp³-hybridized carbons (Fsp3) is 0.857. The quantitative estimate of drug-likeness (QED) is 0.704. The van der Waals surface area contributed by atoms with Crippen LogP contribution >= 0.6 is 0 Å². The van der Waals surface area contributed by atoms with Crippen molar-refractivity contribution in [3.05, 3.63) is 12.2 Å². The van der Waals surface area contributed by atoms with E-state index in [1.165, 1.54) is 37.9 Å². The molecule has 2 aliphatic rings. The van der Waals surface area contributed by atoms with E-state index in [-0.39, 0.29) is 0 Å². The third-order valence-electron chi connectivity index (χ3n) is 3.47. The van der Waals surface area contributed by atoms with E-state index >= 15 is 0 Å². The summed E-state index contributed by atoms with van der Waals surface area (Å²) in [5.41, 5.74) is 1.89. The Kier molecular flexibility index (Phi) is 6.22. The maximum atomic E-state index is 9.62. The van der Waals surface area contributed by atoms with Crippen molar-refractivity contribution < 1.29 is 13.5 Å². The van der Waals surface area contributed by atoms with Gasteiger partial charge in [0.2, 0.25) is 6.93 Å². The van der Waals surface area contributed by atoms with Crippen molar-refractivity contribution in [2.24, 2.45) is 5.41 Å². The van der Waals surface area contributed by atoms with Gasteiger partial charge in [0.1, 0.15) is 0 Å². The molecule has 0 spiro atoms. The molecule has 0 N–H and O–H groups in total. The molecule has 18 heavy (non-hydrogen) atoms. The van der Waals surface area contributed by atoms with E-state index in [9.17, 15) is 8.78 Å². The van der Waals surface area contributed by atoms with Gasteiger partial charge in [-0.15, -0.1) is 0 Å². The molecule has 0 amide bonds. The van der Waals surface area contributed by atoms with Crippen LogP contribution in [0.25, 0.3) is 0 Å². The van der Waals surface area contributed by atoms with Crippen LogP contribution in [0, 0.1) is 5.41 Å². The average molecular weight is 261 g/mol. The van der Waals surface area contributed by atoms with Crippen LogP contribution in [0.2, 0.25) is 0 Å². The Balaban J connectivity index is 0.000000492. The zero-order valence-electron chi connectivity index (χ0n) is 11.6. The minimum absolute atomic E-state index is 0.371. The first-order chi connectivity index (χ1) is 8.51. The molecule has 0 bridgehead atoms. The number of nitrogens with zero attached hydrogens (tertiary/aromatic N) is 1. The van der Waals surface area contributed by atoms with Gasteiger partial charge in [-0.2, -0.15) is 0 Å². The molecule has 1 saturated heterocycles. The number of hydrogen-bond acceptors (Lipinski definition) is 2. The molecule has 1 saturated carbocycles. The second kappa shape index (κ2) is 7.19. The van der Waals surface area contributed by atoms with Gasteiger partial charge in [-0.05, 0) is 33.1 Å². The molecule has 2 rings (SSSR count). The van der Waals surface area contributed by atoms with Crippen LogP contribution < -0.4 is 0 Å². The zero-order valence-corrected chi connectivity index (χ0v) is 11.6. The smallest absolute Gasteiger partial charge is 0.229 e. The minimum atomic E-state index is -1.75. The molecule has 2 fully saturated rings. The van der Waals surface area contributed by atoms with Crippen LogP contribution in [0.15, 0.2) is 12.2 Å². The Morgan fingerprint density at radius 2 is 2.00 bits per heavy atom. The molecular formula is C14H25F2NO. The van der Waals surface area contributed by atoms with Crippen molar-refractivity contribution in [2.45, 2.75) is 39.2 Å². The van der Waals surface area contributed by atoms with E-state index in [0.717, 1.165) is 13.2 Å². The first kappa shape index (κ1) is 15.6. The Morgan fingerprint density at radius 3 is 2.39 bits per heavy atom. The number of halogens is 2. The lowest BCUT2D eigenvalue weighted by atomic mass is 10.1. The maximum absolute atomic E-state index is 9.62. The Hall–Kier alpha value is -0.480. The third-order valence-corrected chi connectivity index (χ3v) is 3.47. The summed E-state index contributed by atoms with van der Waals surface area (Å²) < 4.78 is 25.0. The van der Waals surface area contributed by atoms with Crippen molar-refractivity contribution in [1.82, 2.24) is 4.90 Å². The molecule has 1 aliphatic heterocycles. The van der Waals surface area contributed by atoms with Gasteiger partial charge in [0, 0.05) is 25.0 Å². The van der Waals surface area contributed by atoms with Crippen molar-refractivity contribution in [2.75, 3.05) is 33.2 Å². The summed E-state index contributed by atoms with van der Waals surface area (Å²) in [5.74, 6) is 0. The normalized spacial score (nSPS) is 21.9. The summed E-state index contributed by atoms with van der Waals surface area (Å²) >= 11 is 0. The lowest BCUT2D eigenvalue weighted by Crippen LogP contribution is -2.31. The highest BCUT2D eigenvalue weighted by Gasteiger charge is 2.44. The van der Waals surface area contributed by atoms with Crippen molar-refractivity contribution >= 4 is 0 Å². The molecule has 0 radical (unpaired) electrons. The third kappa shape index (κ3) is 5.44. The van der Waals surface area contributed by atoms with Crippen LogP contribution in [-0.2, 0) is 4.74 Å². The van der Waals surface area contributed by atoms with Crippen LogP contribution in [-0.4, -0.2) is 44.2 Å². The van der Waals surface area contributed by atoms with Crippen LogP contribution in [0.4, 0.5) is 8.78 Å². The van der Waals surface area contributed by atoms with Gasteiger partial charge in [0.25, 0.3) is 0 Å². The predicted octanol–water partition coefficient (Wildman–Crippen LogP) is 3.34.